The molecule has 4 aliphatic carbocycles. The monoisotopic (exact) mass is 570 g/mol. The molecular weight excluding hydrogens is 520 g/mol. The van der Waals surface area contributed by atoms with Crippen molar-refractivity contribution in [1.82, 2.24) is 0 Å². The van der Waals surface area contributed by atoms with Crippen LogP contribution in [0.3, 0.4) is 0 Å². The number of rotatable bonds is 8. The van der Waals surface area contributed by atoms with Gasteiger partial charge in [-0.15, -0.1) is 0 Å². The molecule has 1 aromatic rings. The van der Waals surface area contributed by atoms with Crippen LogP contribution in [0.25, 0.3) is 0 Å². The lowest BCUT2D eigenvalue weighted by molar-refractivity contribution is -0.189. The van der Waals surface area contributed by atoms with E-state index >= 15 is 0 Å². The summed E-state index contributed by atoms with van der Waals surface area (Å²) in [5.41, 5.74) is -2.97. The first-order valence-electron chi connectivity index (χ1n) is 15.5. The fraction of sp³-hybridized carbons (Fsp3) is 0.735. The third-order valence-electron chi connectivity index (χ3n) is 11.8. The van der Waals surface area contributed by atoms with Crippen molar-refractivity contribution in [1.29, 1.82) is 0 Å². The van der Waals surface area contributed by atoms with E-state index < -0.39 is 45.9 Å². The average Bonchev–Trinajstić information content (AvgIpc) is 3.17. The molecule has 0 aromatic heterocycles. The minimum absolute atomic E-state index is 0.0746. The summed E-state index contributed by atoms with van der Waals surface area (Å²) in [6, 6.07) is 9.83. The van der Waals surface area contributed by atoms with Crippen molar-refractivity contribution in [2.24, 2.45) is 28.6 Å². The summed E-state index contributed by atoms with van der Waals surface area (Å²) in [6.45, 7) is 9.76. The van der Waals surface area contributed by atoms with E-state index in [1.54, 1.807) is 19.9 Å². The first kappa shape index (κ1) is 30.8. The Hall–Kier alpha value is -1.61. The molecule has 7 nitrogen and oxygen atoms in total. The number of fused-ring (bicyclic) bond motifs is 5. The smallest absolute Gasteiger partial charge is 0.159 e. The fourth-order valence-corrected chi connectivity index (χ4v) is 9.33. The van der Waals surface area contributed by atoms with E-state index in [1.807, 2.05) is 44.2 Å². The van der Waals surface area contributed by atoms with E-state index in [9.17, 15) is 30.3 Å². The van der Waals surface area contributed by atoms with Gasteiger partial charge in [0.15, 0.2) is 5.78 Å². The third kappa shape index (κ3) is 5.15. The van der Waals surface area contributed by atoms with Crippen molar-refractivity contribution in [3.05, 3.63) is 47.5 Å². The number of hydrogen-bond donors (Lipinski definition) is 5. The molecule has 3 saturated carbocycles. The molecule has 1 aromatic carbocycles. The number of ether oxygens (including phenoxy) is 1. The number of allylic oxidation sites excluding steroid dienone is 1. The Bertz CT molecular complexity index is 1160. The van der Waals surface area contributed by atoms with Gasteiger partial charge < -0.3 is 30.3 Å². The van der Waals surface area contributed by atoms with Crippen LogP contribution in [0.4, 0.5) is 0 Å². The topological polar surface area (TPSA) is 127 Å². The Balaban J connectivity index is 1.46. The molecular formula is C34H50O7. The molecule has 7 heteroatoms. The number of ketones is 1. The average molecular weight is 571 g/mol. The van der Waals surface area contributed by atoms with E-state index in [0.29, 0.717) is 45.1 Å². The zero-order chi connectivity index (χ0) is 30.0. The highest BCUT2D eigenvalue weighted by Crippen LogP contribution is 2.68. The van der Waals surface area contributed by atoms with Crippen LogP contribution in [-0.4, -0.2) is 66.4 Å². The van der Waals surface area contributed by atoms with E-state index in [1.165, 1.54) is 0 Å². The van der Waals surface area contributed by atoms with Gasteiger partial charge in [-0.05, 0) is 107 Å². The lowest BCUT2D eigenvalue weighted by Gasteiger charge is -2.60. The Morgan fingerprint density at radius 2 is 1.68 bits per heavy atom. The molecule has 0 bridgehead atoms. The minimum atomic E-state index is -1.30. The molecule has 5 rings (SSSR count). The highest BCUT2D eigenvalue weighted by Gasteiger charge is 2.69. The Kier molecular flexibility index (Phi) is 7.92. The lowest BCUT2D eigenvalue weighted by Crippen LogP contribution is -2.63. The maximum atomic E-state index is 13.5. The van der Waals surface area contributed by atoms with E-state index in [0.717, 1.165) is 17.6 Å². The molecule has 228 valence electrons. The lowest BCUT2D eigenvalue weighted by atomic mass is 9.45. The van der Waals surface area contributed by atoms with Crippen LogP contribution in [0, 0.1) is 28.6 Å². The second kappa shape index (κ2) is 10.5. The first-order chi connectivity index (χ1) is 19.0. The van der Waals surface area contributed by atoms with Crippen molar-refractivity contribution in [3.8, 4) is 0 Å². The number of benzene rings is 1. The van der Waals surface area contributed by atoms with Crippen LogP contribution < -0.4 is 0 Å². The quantitative estimate of drug-likeness (QED) is 0.319. The van der Waals surface area contributed by atoms with Crippen LogP contribution in [0.15, 0.2) is 42.0 Å². The maximum Gasteiger partial charge on any atom is 0.159 e. The van der Waals surface area contributed by atoms with Gasteiger partial charge in [-0.2, -0.15) is 0 Å². The first-order valence-corrected chi connectivity index (χ1v) is 15.5. The van der Waals surface area contributed by atoms with Crippen LogP contribution in [0.2, 0.25) is 0 Å². The SMILES string of the molecule is CC(C)(O)CCC(OCc1ccccc1)[C@](C)(O)[C@H]1CC[C@@]2(O)C3=CC(=O)[C@@H]4C[C@@H](O)[C@@H](O)C[C@]4(C)[C@H]3CC[C@]12C. The standard InChI is InChI=1S/C34H50O7/c1-30(2,38)14-13-29(41-20-21-9-7-6-8-10-21)33(5,39)28-12-16-34(40)23-17-25(35)24-18-26(36)27(37)19-31(24,3)22(23)11-15-32(28,34)4/h6-10,17,22,24,26-29,36-40H,11-16,18-20H2,1-5H3/t22-,24-,26+,27-,28-,29?,31+,32+,33+,34+/m0/s1. The number of hydrogen-bond acceptors (Lipinski definition) is 7. The summed E-state index contributed by atoms with van der Waals surface area (Å²) in [4.78, 5) is 13.5. The van der Waals surface area contributed by atoms with Crippen molar-refractivity contribution in [2.75, 3.05) is 0 Å². The fourth-order valence-electron chi connectivity index (χ4n) is 9.33. The largest absolute Gasteiger partial charge is 0.390 e. The molecule has 10 atom stereocenters. The van der Waals surface area contributed by atoms with Gasteiger partial charge in [0.1, 0.15) is 0 Å². The van der Waals surface area contributed by atoms with Crippen molar-refractivity contribution >= 4 is 5.78 Å². The zero-order valence-electron chi connectivity index (χ0n) is 25.3. The summed E-state index contributed by atoms with van der Waals surface area (Å²) in [7, 11) is 0. The molecule has 5 N–H and O–H groups in total. The molecule has 41 heavy (non-hydrogen) atoms. The Morgan fingerprint density at radius 3 is 2.34 bits per heavy atom. The molecule has 0 aliphatic heterocycles. The summed E-state index contributed by atoms with van der Waals surface area (Å²) < 4.78 is 6.43. The van der Waals surface area contributed by atoms with Gasteiger partial charge in [0, 0.05) is 11.3 Å². The summed E-state index contributed by atoms with van der Waals surface area (Å²) in [6.07, 6.45) is 3.16. The molecule has 4 aliphatic rings. The highest BCUT2D eigenvalue weighted by molar-refractivity contribution is 5.95. The number of carbonyl (C=O) groups is 1. The van der Waals surface area contributed by atoms with Gasteiger partial charge in [0.25, 0.3) is 0 Å². The van der Waals surface area contributed by atoms with Crippen LogP contribution in [0.1, 0.15) is 91.5 Å². The molecule has 1 unspecified atom stereocenters. The summed E-state index contributed by atoms with van der Waals surface area (Å²) in [5.74, 6) is -0.828. The molecule has 0 saturated heterocycles. The molecule has 0 heterocycles. The molecule has 0 amide bonds. The molecule has 0 radical (unpaired) electrons. The normalized spacial score (nSPS) is 41.1. The zero-order valence-corrected chi connectivity index (χ0v) is 25.3. The van der Waals surface area contributed by atoms with Crippen LogP contribution >= 0.6 is 0 Å². The van der Waals surface area contributed by atoms with E-state index in [4.69, 9.17) is 4.74 Å². The van der Waals surface area contributed by atoms with Gasteiger partial charge in [0.2, 0.25) is 0 Å². The van der Waals surface area contributed by atoms with Crippen LogP contribution in [-0.2, 0) is 16.1 Å². The van der Waals surface area contributed by atoms with Gasteiger partial charge in [-0.25, -0.2) is 0 Å². The summed E-state index contributed by atoms with van der Waals surface area (Å²) >= 11 is 0. The van der Waals surface area contributed by atoms with Gasteiger partial charge in [-0.1, -0.05) is 44.2 Å². The molecule has 3 fully saturated rings. The Labute approximate surface area is 244 Å². The van der Waals surface area contributed by atoms with Gasteiger partial charge >= 0.3 is 0 Å². The van der Waals surface area contributed by atoms with Gasteiger partial charge in [0.05, 0.1) is 41.7 Å². The number of aliphatic hydroxyl groups is 5. The van der Waals surface area contributed by atoms with Crippen molar-refractivity contribution < 1.29 is 35.1 Å². The van der Waals surface area contributed by atoms with Crippen LogP contribution in [0.5, 0.6) is 0 Å². The molecule has 0 spiro atoms. The number of carbonyl (C=O) groups excluding carboxylic acids is 1. The highest BCUT2D eigenvalue weighted by atomic mass is 16.5. The minimum Gasteiger partial charge on any atom is -0.390 e. The second-order valence-corrected chi connectivity index (χ2v) is 15.0. The third-order valence-corrected chi connectivity index (χ3v) is 11.8. The Morgan fingerprint density at radius 1 is 1.00 bits per heavy atom. The maximum absolute atomic E-state index is 13.5. The number of aliphatic hydroxyl groups excluding tert-OH is 2. The van der Waals surface area contributed by atoms with E-state index in [2.05, 4.69) is 6.92 Å². The predicted octanol–water partition coefficient (Wildman–Crippen LogP) is 4.08. The predicted molar refractivity (Wildman–Crippen MR) is 156 cm³/mol. The van der Waals surface area contributed by atoms with Crippen molar-refractivity contribution in [3.63, 3.8) is 0 Å². The van der Waals surface area contributed by atoms with Crippen molar-refractivity contribution in [2.45, 2.75) is 128 Å². The summed E-state index contributed by atoms with van der Waals surface area (Å²) in [5, 5.41) is 56.4. The van der Waals surface area contributed by atoms with Gasteiger partial charge in [-0.3, -0.25) is 4.79 Å². The second-order valence-electron chi connectivity index (χ2n) is 15.0. The van der Waals surface area contributed by atoms with E-state index in [-0.39, 0.29) is 30.0 Å².